The van der Waals surface area contributed by atoms with Gasteiger partial charge in [-0.2, -0.15) is 0 Å². The van der Waals surface area contributed by atoms with Gasteiger partial charge in [-0.3, -0.25) is 19.1 Å². The fourth-order valence-electron chi connectivity index (χ4n) is 4.33. The SMILES string of the molecule is CN1CCC(Nc2cnc3ccc(CNC(=O)c4cncn(Cc5ccc(F)c(F)c5)c4=O)cc3n2)C1. The number of rotatable bonds is 7. The van der Waals surface area contributed by atoms with Crippen LogP contribution in [-0.4, -0.2) is 56.5 Å². The molecule has 1 unspecified atom stereocenters. The van der Waals surface area contributed by atoms with Crippen LogP contribution in [-0.2, 0) is 13.1 Å². The Labute approximate surface area is 211 Å². The lowest BCUT2D eigenvalue weighted by atomic mass is 10.2. The van der Waals surface area contributed by atoms with Crippen molar-refractivity contribution in [2.45, 2.75) is 25.6 Å². The standard InChI is InChI=1S/C26H25F2N7O2/c1-34-7-6-18(14-34)32-24-12-30-22-5-3-16(9-23(22)33-24)10-31-25(36)19-11-29-15-35(26(19)37)13-17-2-4-20(27)21(28)8-17/h2-5,8-9,11-12,15,18H,6-7,10,13-14H2,1H3,(H,31,36)(H,32,33). The predicted molar refractivity (Wildman–Crippen MR) is 134 cm³/mol. The number of fused-ring (bicyclic) bond motifs is 1. The first-order chi connectivity index (χ1) is 17.9. The summed E-state index contributed by atoms with van der Waals surface area (Å²) in [4.78, 5) is 40.9. The van der Waals surface area contributed by atoms with Crippen molar-refractivity contribution in [2.24, 2.45) is 0 Å². The van der Waals surface area contributed by atoms with Crippen molar-refractivity contribution < 1.29 is 13.6 Å². The van der Waals surface area contributed by atoms with E-state index >= 15 is 0 Å². The maximum Gasteiger partial charge on any atom is 0.266 e. The van der Waals surface area contributed by atoms with Crippen molar-refractivity contribution in [2.75, 3.05) is 25.5 Å². The molecule has 1 fully saturated rings. The molecular formula is C26H25F2N7O2. The van der Waals surface area contributed by atoms with Crippen LogP contribution in [0.1, 0.15) is 27.9 Å². The zero-order valence-corrected chi connectivity index (χ0v) is 20.1. The van der Waals surface area contributed by atoms with Gasteiger partial charge in [0.2, 0.25) is 0 Å². The van der Waals surface area contributed by atoms with Crippen LogP contribution < -0.4 is 16.2 Å². The summed E-state index contributed by atoms with van der Waals surface area (Å²) in [7, 11) is 2.09. The molecule has 2 aromatic heterocycles. The summed E-state index contributed by atoms with van der Waals surface area (Å²) >= 11 is 0. The van der Waals surface area contributed by atoms with Crippen molar-refractivity contribution in [1.29, 1.82) is 0 Å². The molecule has 1 amide bonds. The minimum atomic E-state index is -1.01. The lowest BCUT2D eigenvalue weighted by Crippen LogP contribution is -2.33. The molecule has 0 aliphatic carbocycles. The maximum absolute atomic E-state index is 13.5. The Balaban J connectivity index is 1.27. The van der Waals surface area contributed by atoms with Gasteiger partial charge in [0.1, 0.15) is 11.4 Å². The van der Waals surface area contributed by atoms with Gasteiger partial charge in [0, 0.05) is 25.3 Å². The molecule has 0 bridgehead atoms. The first kappa shape index (κ1) is 24.4. The smallest absolute Gasteiger partial charge is 0.266 e. The number of anilines is 1. The molecule has 1 atom stereocenters. The van der Waals surface area contributed by atoms with E-state index in [9.17, 15) is 18.4 Å². The number of likely N-dealkylation sites (N-methyl/N-ethyl adjacent to an activating group) is 1. The van der Waals surface area contributed by atoms with Crippen LogP contribution in [0.15, 0.2) is 59.9 Å². The van der Waals surface area contributed by atoms with E-state index in [0.29, 0.717) is 22.9 Å². The summed E-state index contributed by atoms with van der Waals surface area (Å²) in [5.41, 5.74) is 1.84. The van der Waals surface area contributed by atoms with Gasteiger partial charge in [-0.25, -0.2) is 18.7 Å². The van der Waals surface area contributed by atoms with Crippen LogP contribution in [0.4, 0.5) is 14.6 Å². The number of amides is 1. The molecule has 9 nitrogen and oxygen atoms in total. The van der Waals surface area contributed by atoms with Gasteiger partial charge in [-0.1, -0.05) is 12.1 Å². The first-order valence-corrected chi connectivity index (χ1v) is 11.8. The molecule has 3 heterocycles. The molecular weight excluding hydrogens is 480 g/mol. The topological polar surface area (TPSA) is 105 Å². The number of likely N-dealkylation sites (tertiary alicyclic amines) is 1. The average molecular weight is 506 g/mol. The van der Waals surface area contributed by atoms with Crippen molar-refractivity contribution in [3.8, 4) is 0 Å². The van der Waals surface area contributed by atoms with E-state index in [-0.39, 0.29) is 18.7 Å². The Kier molecular flexibility index (Phi) is 6.87. The van der Waals surface area contributed by atoms with E-state index in [0.717, 1.165) is 42.7 Å². The normalized spacial score (nSPS) is 15.7. The Bertz CT molecular complexity index is 1520. The zero-order valence-electron chi connectivity index (χ0n) is 20.1. The highest BCUT2D eigenvalue weighted by Crippen LogP contribution is 2.17. The number of nitrogens with one attached hydrogen (secondary N) is 2. The third-order valence-corrected chi connectivity index (χ3v) is 6.29. The summed E-state index contributed by atoms with van der Waals surface area (Å²) in [6.07, 6.45) is 5.19. The van der Waals surface area contributed by atoms with E-state index in [4.69, 9.17) is 0 Å². The summed E-state index contributed by atoms with van der Waals surface area (Å²) in [5.74, 6) is -1.88. The number of carbonyl (C=O) groups is 1. The molecule has 37 heavy (non-hydrogen) atoms. The molecule has 0 spiro atoms. The van der Waals surface area contributed by atoms with Crippen molar-refractivity contribution >= 4 is 22.8 Å². The third-order valence-electron chi connectivity index (χ3n) is 6.29. The second kappa shape index (κ2) is 10.4. The highest BCUT2D eigenvalue weighted by atomic mass is 19.2. The number of carbonyl (C=O) groups excluding carboxylic acids is 1. The van der Waals surface area contributed by atoms with E-state index in [1.165, 1.54) is 23.2 Å². The van der Waals surface area contributed by atoms with E-state index in [2.05, 4.69) is 37.5 Å². The zero-order chi connectivity index (χ0) is 25.9. The first-order valence-electron chi connectivity index (χ1n) is 11.8. The third kappa shape index (κ3) is 5.61. The van der Waals surface area contributed by atoms with Crippen LogP contribution in [0.2, 0.25) is 0 Å². The van der Waals surface area contributed by atoms with Gasteiger partial charge in [0.25, 0.3) is 11.5 Å². The van der Waals surface area contributed by atoms with Gasteiger partial charge in [-0.05, 0) is 55.4 Å². The summed E-state index contributed by atoms with van der Waals surface area (Å²) in [6, 6.07) is 9.19. The van der Waals surface area contributed by atoms with E-state index in [1.54, 1.807) is 6.20 Å². The second-order valence-corrected chi connectivity index (χ2v) is 9.14. The van der Waals surface area contributed by atoms with E-state index < -0.39 is 23.1 Å². The van der Waals surface area contributed by atoms with Crippen LogP contribution in [0.5, 0.6) is 0 Å². The fraction of sp³-hybridized carbons (Fsp3) is 0.269. The van der Waals surface area contributed by atoms with Crippen molar-refractivity contribution in [1.82, 2.24) is 29.7 Å². The molecule has 2 N–H and O–H groups in total. The molecule has 2 aromatic carbocycles. The lowest BCUT2D eigenvalue weighted by molar-refractivity contribution is 0.0948. The molecule has 0 saturated carbocycles. The Morgan fingerprint density at radius 1 is 1.08 bits per heavy atom. The van der Waals surface area contributed by atoms with Gasteiger partial charge in [0.15, 0.2) is 11.6 Å². The molecule has 0 radical (unpaired) electrons. The van der Waals surface area contributed by atoms with Crippen LogP contribution in [0.3, 0.4) is 0 Å². The van der Waals surface area contributed by atoms with Crippen LogP contribution in [0.25, 0.3) is 11.0 Å². The Morgan fingerprint density at radius 3 is 2.70 bits per heavy atom. The number of nitrogens with zero attached hydrogens (tertiary/aromatic N) is 5. The molecule has 11 heteroatoms. The minimum absolute atomic E-state index is 0.0546. The van der Waals surface area contributed by atoms with Crippen molar-refractivity contribution in [3.63, 3.8) is 0 Å². The highest BCUT2D eigenvalue weighted by Gasteiger charge is 2.19. The molecule has 190 valence electrons. The minimum Gasteiger partial charge on any atom is -0.365 e. The molecule has 1 aliphatic rings. The molecule has 4 aromatic rings. The molecule has 1 aliphatic heterocycles. The number of hydrogen-bond donors (Lipinski definition) is 2. The summed E-state index contributed by atoms with van der Waals surface area (Å²) in [6.45, 7) is 2.10. The number of halogens is 2. The molecule has 1 saturated heterocycles. The quantitative estimate of drug-likeness (QED) is 0.398. The van der Waals surface area contributed by atoms with Crippen LogP contribution in [0, 0.1) is 11.6 Å². The maximum atomic E-state index is 13.5. The number of hydrogen-bond acceptors (Lipinski definition) is 7. The lowest BCUT2D eigenvalue weighted by Gasteiger charge is -2.13. The monoisotopic (exact) mass is 505 g/mol. The van der Waals surface area contributed by atoms with Gasteiger partial charge >= 0.3 is 0 Å². The van der Waals surface area contributed by atoms with Gasteiger partial charge in [-0.15, -0.1) is 0 Å². The van der Waals surface area contributed by atoms with Gasteiger partial charge < -0.3 is 15.5 Å². The van der Waals surface area contributed by atoms with Crippen molar-refractivity contribution in [3.05, 3.63) is 93.8 Å². The van der Waals surface area contributed by atoms with Gasteiger partial charge in [0.05, 0.1) is 30.1 Å². The molecule has 5 rings (SSSR count). The summed E-state index contributed by atoms with van der Waals surface area (Å²) < 4.78 is 27.9. The van der Waals surface area contributed by atoms with Crippen LogP contribution >= 0.6 is 0 Å². The predicted octanol–water partition coefficient (Wildman–Crippen LogP) is 2.56. The Hall–Kier alpha value is -4.25. The average Bonchev–Trinajstić information content (AvgIpc) is 3.30. The largest absolute Gasteiger partial charge is 0.365 e. The summed E-state index contributed by atoms with van der Waals surface area (Å²) in [5, 5.41) is 6.16. The highest BCUT2D eigenvalue weighted by molar-refractivity contribution is 5.93. The number of aromatic nitrogens is 4. The van der Waals surface area contributed by atoms with E-state index in [1.807, 2.05) is 18.2 Å². The Morgan fingerprint density at radius 2 is 1.92 bits per heavy atom. The second-order valence-electron chi connectivity index (χ2n) is 9.14. The number of benzene rings is 2. The fourth-order valence-corrected chi connectivity index (χ4v) is 4.33.